The van der Waals surface area contributed by atoms with E-state index in [1.165, 1.54) is 6.33 Å². The van der Waals surface area contributed by atoms with Crippen LogP contribution in [0, 0.1) is 0 Å². The summed E-state index contributed by atoms with van der Waals surface area (Å²) < 4.78 is 5.30. The summed E-state index contributed by atoms with van der Waals surface area (Å²) in [7, 11) is 1.58. The number of primary amides is 1. The van der Waals surface area contributed by atoms with E-state index in [2.05, 4.69) is 20.6 Å². The van der Waals surface area contributed by atoms with Crippen molar-refractivity contribution in [3.05, 3.63) is 6.33 Å². The molecule has 1 heterocycles. The highest BCUT2D eigenvalue weighted by molar-refractivity contribution is 5.73. The van der Waals surface area contributed by atoms with Crippen LogP contribution in [-0.4, -0.2) is 36.1 Å². The van der Waals surface area contributed by atoms with Crippen LogP contribution < -0.4 is 21.1 Å². The Morgan fingerprint density at radius 2 is 2.00 bits per heavy atom. The number of anilines is 2. The molecule has 0 bridgehead atoms. The maximum absolute atomic E-state index is 10.6. The second-order valence-electron chi connectivity index (χ2n) is 3.98. The molecule has 4 N–H and O–H groups in total. The van der Waals surface area contributed by atoms with Crippen LogP contribution in [0.5, 0.6) is 5.75 Å². The van der Waals surface area contributed by atoms with E-state index < -0.39 is 0 Å². The van der Waals surface area contributed by atoms with Crippen molar-refractivity contribution in [1.29, 1.82) is 0 Å². The van der Waals surface area contributed by atoms with Gasteiger partial charge in [0.15, 0.2) is 11.6 Å². The zero-order chi connectivity index (χ0) is 14.1. The lowest BCUT2D eigenvalue weighted by atomic mass is 10.2. The SMILES string of the molecule is CCNc1ncnc(NCCCCC(N)=O)c1OC. The summed E-state index contributed by atoms with van der Waals surface area (Å²) in [5.74, 6) is 1.64. The molecule has 1 amide bonds. The number of amides is 1. The second-order valence-corrected chi connectivity index (χ2v) is 3.98. The highest BCUT2D eigenvalue weighted by atomic mass is 16.5. The zero-order valence-electron chi connectivity index (χ0n) is 11.4. The van der Waals surface area contributed by atoms with E-state index in [-0.39, 0.29) is 5.91 Å². The summed E-state index contributed by atoms with van der Waals surface area (Å²) in [6.45, 7) is 3.44. The molecule has 0 unspecified atom stereocenters. The van der Waals surface area contributed by atoms with E-state index in [0.717, 1.165) is 19.4 Å². The first-order valence-corrected chi connectivity index (χ1v) is 6.34. The largest absolute Gasteiger partial charge is 0.490 e. The molecule has 0 atom stereocenters. The number of nitrogens with zero attached hydrogens (tertiary/aromatic N) is 2. The van der Waals surface area contributed by atoms with Gasteiger partial charge in [-0.15, -0.1) is 0 Å². The highest BCUT2D eigenvalue weighted by Gasteiger charge is 2.10. The first-order chi connectivity index (χ1) is 9.19. The van der Waals surface area contributed by atoms with Gasteiger partial charge >= 0.3 is 0 Å². The fourth-order valence-corrected chi connectivity index (χ4v) is 1.62. The van der Waals surface area contributed by atoms with Gasteiger partial charge in [-0.05, 0) is 19.8 Å². The average molecular weight is 267 g/mol. The molecule has 19 heavy (non-hydrogen) atoms. The standard InChI is InChI=1S/C12H21N5O2/c1-3-14-11-10(19-2)12(17-8-16-11)15-7-5-4-6-9(13)18/h8H,3-7H2,1-2H3,(H2,13,18)(H2,14,15,16,17). The molecule has 106 valence electrons. The Bertz CT molecular complexity index is 411. The summed E-state index contributed by atoms with van der Waals surface area (Å²) in [5, 5.41) is 6.28. The molecule has 0 aliphatic heterocycles. The molecule has 1 aromatic rings. The van der Waals surface area contributed by atoms with E-state index in [9.17, 15) is 4.79 Å². The first-order valence-electron chi connectivity index (χ1n) is 6.34. The van der Waals surface area contributed by atoms with Gasteiger partial charge in [-0.1, -0.05) is 0 Å². The molecule has 0 spiro atoms. The van der Waals surface area contributed by atoms with Gasteiger partial charge in [-0.2, -0.15) is 0 Å². The fraction of sp³-hybridized carbons (Fsp3) is 0.583. The molecule has 0 saturated heterocycles. The van der Waals surface area contributed by atoms with E-state index >= 15 is 0 Å². The van der Waals surface area contributed by atoms with Crippen LogP contribution in [0.15, 0.2) is 6.33 Å². The van der Waals surface area contributed by atoms with Crippen molar-refractivity contribution in [2.24, 2.45) is 5.73 Å². The van der Waals surface area contributed by atoms with Crippen LogP contribution in [-0.2, 0) is 4.79 Å². The van der Waals surface area contributed by atoms with Gasteiger partial charge in [0.1, 0.15) is 6.33 Å². The van der Waals surface area contributed by atoms with Gasteiger partial charge in [-0.3, -0.25) is 4.79 Å². The average Bonchev–Trinajstić information content (AvgIpc) is 2.38. The van der Waals surface area contributed by atoms with Crippen molar-refractivity contribution in [3.8, 4) is 5.75 Å². The van der Waals surface area contributed by atoms with Crippen molar-refractivity contribution in [3.63, 3.8) is 0 Å². The molecule has 1 aromatic heterocycles. The quantitative estimate of drug-likeness (QED) is 0.576. The number of carbonyl (C=O) groups excluding carboxylic acids is 1. The molecule has 7 heteroatoms. The normalized spacial score (nSPS) is 10.0. The molecule has 0 fully saturated rings. The van der Waals surface area contributed by atoms with Crippen molar-refractivity contribution < 1.29 is 9.53 Å². The molecule has 0 aromatic carbocycles. The third kappa shape index (κ3) is 4.99. The van der Waals surface area contributed by atoms with Crippen LogP contribution >= 0.6 is 0 Å². The topological polar surface area (TPSA) is 102 Å². The predicted octanol–water partition coefficient (Wildman–Crippen LogP) is 0.984. The number of hydrogen-bond acceptors (Lipinski definition) is 6. The number of rotatable bonds is 9. The number of carbonyl (C=O) groups is 1. The van der Waals surface area contributed by atoms with Gasteiger partial charge in [0.25, 0.3) is 0 Å². The molecular formula is C12H21N5O2. The Morgan fingerprint density at radius 1 is 1.32 bits per heavy atom. The third-order valence-electron chi connectivity index (χ3n) is 2.49. The van der Waals surface area contributed by atoms with Crippen LogP contribution in [0.1, 0.15) is 26.2 Å². The van der Waals surface area contributed by atoms with Crippen LogP contribution in [0.25, 0.3) is 0 Å². The predicted molar refractivity (Wildman–Crippen MR) is 74.3 cm³/mol. The maximum Gasteiger partial charge on any atom is 0.217 e. The second kappa shape index (κ2) is 8.12. The van der Waals surface area contributed by atoms with Crippen molar-refractivity contribution in [2.45, 2.75) is 26.2 Å². The number of ether oxygens (including phenoxy) is 1. The molecular weight excluding hydrogens is 246 g/mol. The first kappa shape index (κ1) is 15.0. The van der Waals surface area contributed by atoms with Gasteiger partial charge in [-0.25, -0.2) is 9.97 Å². The van der Waals surface area contributed by atoms with Crippen LogP contribution in [0.2, 0.25) is 0 Å². The molecule has 0 radical (unpaired) electrons. The molecule has 7 nitrogen and oxygen atoms in total. The Kier molecular flexibility index (Phi) is 6.42. The van der Waals surface area contributed by atoms with Gasteiger partial charge in [0, 0.05) is 19.5 Å². The number of nitrogens with two attached hydrogens (primary N) is 1. The number of aromatic nitrogens is 2. The lowest BCUT2D eigenvalue weighted by Gasteiger charge is -2.13. The monoisotopic (exact) mass is 267 g/mol. The Morgan fingerprint density at radius 3 is 2.58 bits per heavy atom. The minimum absolute atomic E-state index is 0.269. The van der Waals surface area contributed by atoms with E-state index in [1.807, 2.05) is 6.92 Å². The number of nitrogens with one attached hydrogen (secondary N) is 2. The summed E-state index contributed by atoms with van der Waals surface area (Å²) in [6, 6.07) is 0. The Balaban J connectivity index is 2.52. The zero-order valence-corrected chi connectivity index (χ0v) is 11.4. The minimum atomic E-state index is -0.269. The smallest absolute Gasteiger partial charge is 0.217 e. The third-order valence-corrected chi connectivity index (χ3v) is 2.49. The summed E-state index contributed by atoms with van der Waals surface area (Å²) in [4.78, 5) is 18.9. The fourth-order valence-electron chi connectivity index (χ4n) is 1.62. The lowest BCUT2D eigenvalue weighted by molar-refractivity contribution is -0.118. The van der Waals surface area contributed by atoms with E-state index in [0.29, 0.717) is 30.4 Å². The molecule has 0 aliphatic rings. The molecule has 0 aliphatic carbocycles. The number of methoxy groups -OCH3 is 1. The number of unbranched alkanes of at least 4 members (excludes halogenated alkanes) is 1. The van der Waals surface area contributed by atoms with E-state index in [1.54, 1.807) is 7.11 Å². The Labute approximate surface area is 113 Å². The van der Waals surface area contributed by atoms with Gasteiger partial charge in [0.2, 0.25) is 11.7 Å². The van der Waals surface area contributed by atoms with E-state index in [4.69, 9.17) is 10.5 Å². The lowest BCUT2D eigenvalue weighted by Crippen LogP contribution is -2.12. The number of hydrogen-bond donors (Lipinski definition) is 3. The maximum atomic E-state index is 10.6. The van der Waals surface area contributed by atoms with Crippen LogP contribution in [0.4, 0.5) is 11.6 Å². The summed E-state index contributed by atoms with van der Waals surface area (Å²) in [5.41, 5.74) is 5.08. The van der Waals surface area contributed by atoms with Crippen LogP contribution in [0.3, 0.4) is 0 Å². The Hall–Kier alpha value is -2.05. The minimum Gasteiger partial charge on any atom is -0.490 e. The molecule has 0 saturated carbocycles. The highest BCUT2D eigenvalue weighted by Crippen LogP contribution is 2.28. The van der Waals surface area contributed by atoms with Crippen molar-refractivity contribution in [1.82, 2.24) is 9.97 Å². The van der Waals surface area contributed by atoms with Gasteiger partial charge < -0.3 is 21.1 Å². The van der Waals surface area contributed by atoms with Gasteiger partial charge in [0.05, 0.1) is 7.11 Å². The summed E-state index contributed by atoms with van der Waals surface area (Å²) >= 11 is 0. The van der Waals surface area contributed by atoms with Crippen molar-refractivity contribution in [2.75, 3.05) is 30.8 Å². The summed E-state index contributed by atoms with van der Waals surface area (Å²) in [6.07, 6.45) is 3.49. The molecule has 1 rings (SSSR count). The van der Waals surface area contributed by atoms with Crippen molar-refractivity contribution >= 4 is 17.5 Å².